The molecule has 0 saturated carbocycles. The smallest absolute Gasteiger partial charge is 0.00187 e. The van der Waals surface area contributed by atoms with E-state index in [4.69, 9.17) is 0 Å². The van der Waals surface area contributed by atoms with Gasteiger partial charge in [0.2, 0.25) is 0 Å². The minimum Gasteiger partial charge on any atom is -0.303 e. The topological polar surface area (TPSA) is 3.24 Å². The third-order valence-electron chi connectivity index (χ3n) is 3.30. The van der Waals surface area contributed by atoms with Crippen LogP contribution < -0.4 is 0 Å². The lowest BCUT2D eigenvalue weighted by atomic mass is 10.1. The Kier molecular flexibility index (Phi) is 14.5. The highest BCUT2D eigenvalue weighted by atomic mass is 15.1. The van der Waals surface area contributed by atoms with E-state index in [1.165, 1.54) is 77.4 Å². The molecule has 108 valence electrons. The summed E-state index contributed by atoms with van der Waals surface area (Å²) in [5, 5.41) is 0. The first-order valence-electron chi connectivity index (χ1n) is 8.22. The molecule has 0 amide bonds. The van der Waals surface area contributed by atoms with Crippen LogP contribution in [0.25, 0.3) is 0 Å². The van der Waals surface area contributed by atoms with Crippen molar-refractivity contribution in [2.75, 3.05) is 19.6 Å². The van der Waals surface area contributed by atoms with Crippen LogP contribution in [-0.2, 0) is 0 Å². The molecule has 0 bridgehead atoms. The Hall–Kier alpha value is -0.300. The van der Waals surface area contributed by atoms with Gasteiger partial charge in [-0.2, -0.15) is 0 Å². The average Bonchev–Trinajstić information content (AvgIpc) is 2.37. The maximum Gasteiger partial charge on any atom is -0.00187 e. The van der Waals surface area contributed by atoms with E-state index in [1.807, 2.05) is 0 Å². The molecule has 0 saturated heterocycles. The number of rotatable bonds is 13. The minimum atomic E-state index is 1.25. The fraction of sp³-hybridized carbons (Fsp3) is 0.882. The highest BCUT2D eigenvalue weighted by Gasteiger charge is 2.01. The van der Waals surface area contributed by atoms with Crippen LogP contribution in [-0.4, -0.2) is 24.5 Å². The van der Waals surface area contributed by atoms with Crippen molar-refractivity contribution < 1.29 is 0 Å². The molecule has 0 aromatic heterocycles. The summed E-state index contributed by atoms with van der Waals surface area (Å²) in [6, 6.07) is 0. The Morgan fingerprint density at radius 1 is 0.611 bits per heavy atom. The van der Waals surface area contributed by atoms with Gasteiger partial charge in [0.25, 0.3) is 0 Å². The zero-order valence-corrected chi connectivity index (χ0v) is 13.1. The van der Waals surface area contributed by atoms with Crippen LogP contribution in [0.2, 0.25) is 0 Å². The molecule has 1 heteroatoms. The van der Waals surface area contributed by atoms with E-state index >= 15 is 0 Å². The molecule has 0 aromatic rings. The summed E-state index contributed by atoms with van der Waals surface area (Å²) in [6.07, 6.45) is 16.7. The zero-order valence-electron chi connectivity index (χ0n) is 13.1. The molecular weight excluding hydrogens is 218 g/mol. The molecule has 0 fully saturated rings. The normalized spacial score (nSPS) is 11.8. The second-order valence-electron chi connectivity index (χ2n) is 5.30. The van der Waals surface area contributed by atoms with Gasteiger partial charge in [-0.15, -0.1) is 0 Å². The maximum atomic E-state index is 2.63. The SMILES string of the molecule is CCCC=CCCCCCCN(CCC)CCC. The van der Waals surface area contributed by atoms with Gasteiger partial charge in [0.1, 0.15) is 0 Å². The molecule has 0 aliphatic rings. The largest absolute Gasteiger partial charge is 0.303 e. The number of unbranched alkanes of at least 4 members (excludes halogenated alkanes) is 5. The van der Waals surface area contributed by atoms with Gasteiger partial charge in [-0.25, -0.2) is 0 Å². The molecule has 0 heterocycles. The second-order valence-corrected chi connectivity index (χ2v) is 5.30. The van der Waals surface area contributed by atoms with E-state index in [-0.39, 0.29) is 0 Å². The monoisotopic (exact) mass is 253 g/mol. The molecule has 1 nitrogen and oxygen atoms in total. The molecule has 0 radical (unpaired) electrons. The van der Waals surface area contributed by atoms with Crippen LogP contribution in [0.3, 0.4) is 0 Å². The van der Waals surface area contributed by atoms with Crippen molar-refractivity contribution in [1.82, 2.24) is 4.90 Å². The van der Waals surface area contributed by atoms with Gasteiger partial charge in [0, 0.05) is 0 Å². The van der Waals surface area contributed by atoms with Crippen molar-refractivity contribution in [3.8, 4) is 0 Å². The zero-order chi connectivity index (χ0) is 13.5. The number of hydrogen-bond acceptors (Lipinski definition) is 1. The molecule has 0 unspecified atom stereocenters. The van der Waals surface area contributed by atoms with Crippen LogP contribution in [0.5, 0.6) is 0 Å². The number of hydrogen-bond donors (Lipinski definition) is 0. The van der Waals surface area contributed by atoms with Crippen molar-refractivity contribution in [3.05, 3.63) is 12.2 Å². The Balaban J connectivity index is 3.31. The fourth-order valence-electron chi connectivity index (χ4n) is 2.32. The summed E-state index contributed by atoms with van der Waals surface area (Å²) >= 11 is 0. The van der Waals surface area contributed by atoms with Gasteiger partial charge in [-0.1, -0.05) is 52.2 Å². The first kappa shape index (κ1) is 17.7. The maximum absolute atomic E-state index is 2.63. The van der Waals surface area contributed by atoms with Crippen LogP contribution in [0, 0.1) is 0 Å². The molecule has 0 aliphatic heterocycles. The lowest BCUT2D eigenvalue weighted by molar-refractivity contribution is 0.268. The molecule has 0 aliphatic carbocycles. The molecule has 0 rings (SSSR count). The molecule has 0 N–H and O–H groups in total. The van der Waals surface area contributed by atoms with E-state index in [2.05, 4.69) is 37.8 Å². The summed E-state index contributed by atoms with van der Waals surface area (Å²) in [5.74, 6) is 0. The van der Waals surface area contributed by atoms with E-state index in [1.54, 1.807) is 0 Å². The lowest BCUT2D eigenvalue weighted by Crippen LogP contribution is -2.26. The second kappa shape index (κ2) is 14.8. The van der Waals surface area contributed by atoms with Crippen molar-refractivity contribution in [2.45, 2.75) is 78.6 Å². The molecule has 0 atom stereocenters. The van der Waals surface area contributed by atoms with Crippen LogP contribution in [0.1, 0.15) is 78.6 Å². The Bertz CT molecular complexity index is 168. The average molecular weight is 253 g/mol. The van der Waals surface area contributed by atoms with Crippen molar-refractivity contribution in [2.24, 2.45) is 0 Å². The lowest BCUT2D eigenvalue weighted by Gasteiger charge is -2.20. The molecule has 0 aromatic carbocycles. The highest BCUT2D eigenvalue weighted by Crippen LogP contribution is 2.06. The van der Waals surface area contributed by atoms with Crippen molar-refractivity contribution in [1.29, 1.82) is 0 Å². The van der Waals surface area contributed by atoms with Gasteiger partial charge in [-0.3, -0.25) is 0 Å². The fourth-order valence-corrected chi connectivity index (χ4v) is 2.32. The molecule has 0 spiro atoms. The predicted octanol–water partition coefficient (Wildman–Crippen LogP) is 5.42. The number of allylic oxidation sites excluding steroid dienone is 2. The number of nitrogens with zero attached hydrogens (tertiary/aromatic N) is 1. The van der Waals surface area contributed by atoms with E-state index in [0.29, 0.717) is 0 Å². The van der Waals surface area contributed by atoms with E-state index < -0.39 is 0 Å². The van der Waals surface area contributed by atoms with Crippen LogP contribution >= 0.6 is 0 Å². The van der Waals surface area contributed by atoms with E-state index in [0.717, 1.165) is 0 Å². The van der Waals surface area contributed by atoms with Crippen LogP contribution in [0.4, 0.5) is 0 Å². The standard InChI is InChI=1S/C17H35N/c1-4-7-8-9-10-11-12-13-14-17-18(15-5-2)16-6-3/h8-9H,4-7,10-17H2,1-3H3. The quantitative estimate of drug-likeness (QED) is 0.313. The third kappa shape index (κ3) is 12.2. The molecular formula is C17H35N. The Morgan fingerprint density at radius 3 is 1.83 bits per heavy atom. The highest BCUT2D eigenvalue weighted by molar-refractivity contribution is 4.80. The van der Waals surface area contributed by atoms with Gasteiger partial charge < -0.3 is 4.90 Å². The third-order valence-corrected chi connectivity index (χ3v) is 3.30. The van der Waals surface area contributed by atoms with Gasteiger partial charge >= 0.3 is 0 Å². The summed E-state index contributed by atoms with van der Waals surface area (Å²) in [5.41, 5.74) is 0. The van der Waals surface area contributed by atoms with Crippen LogP contribution in [0.15, 0.2) is 12.2 Å². The summed E-state index contributed by atoms with van der Waals surface area (Å²) in [6.45, 7) is 10.7. The van der Waals surface area contributed by atoms with Gasteiger partial charge in [0.15, 0.2) is 0 Å². The molecule has 18 heavy (non-hydrogen) atoms. The van der Waals surface area contributed by atoms with Crippen molar-refractivity contribution in [3.63, 3.8) is 0 Å². The van der Waals surface area contributed by atoms with Gasteiger partial charge in [-0.05, 0) is 58.2 Å². The Labute approximate surface area is 116 Å². The van der Waals surface area contributed by atoms with Gasteiger partial charge in [0.05, 0.1) is 0 Å². The van der Waals surface area contributed by atoms with E-state index in [9.17, 15) is 0 Å². The first-order chi connectivity index (χ1) is 8.85. The predicted molar refractivity (Wildman–Crippen MR) is 84.2 cm³/mol. The summed E-state index contributed by atoms with van der Waals surface area (Å²) < 4.78 is 0. The summed E-state index contributed by atoms with van der Waals surface area (Å²) in [7, 11) is 0. The van der Waals surface area contributed by atoms with Crippen molar-refractivity contribution >= 4 is 0 Å². The summed E-state index contributed by atoms with van der Waals surface area (Å²) in [4.78, 5) is 2.63. The minimum absolute atomic E-state index is 1.25. The Morgan fingerprint density at radius 2 is 1.22 bits per heavy atom. The first-order valence-corrected chi connectivity index (χ1v) is 8.22.